The van der Waals surface area contributed by atoms with Gasteiger partial charge < -0.3 is 8.98 Å². The fourth-order valence-electron chi connectivity index (χ4n) is 7.63. The molecule has 9 rings (SSSR count). The quantitative estimate of drug-likeness (QED) is 0.123. The van der Waals surface area contributed by atoms with Crippen molar-refractivity contribution in [3.05, 3.63) is 163 Å². The van der Waals surface area contributed by atoms with E-state index in [9.17, 15) is 0 Å². The molecule has 0 aliphatic heterocycles. The van der Waals surface area contributed by atoms with Crippen LogP contribution in [0.15, 0.2) is 138 Å². The maximum absolute atomic E-state index is 8.76. The summed E-state index contributed by atoms with van der Waals surface area (Å²) in [5, 5.41) is 2.00. The van der Waals surface area contributed by atoms with Gasteiger partial charge >= 0.3 is 135 Å². The van der Waals surface area contributed by atoms with E-state index in [1.165, 1.54) is 5.56 Å². The van der Waals surface area contributed by atoms with Crippen molar-refractivity contribution in [1.29, 1.82) is 0 Å². The molecule has 4 heterocycles. The van der Waals surface area contributed by atoms with Crippen molar-refractivity contribution < 1.29 is 27.3 Å². The Balaban J connectivity index is 0.000000213. The Labute approximate surface area is 380 Å². The molecule has 0 atom stereocenters. The molecule has 0 aliphatic rings. The number of hydrogen-bond acceptors (Lipinski definition) is 4. The van der Waals surface area contributed by atoms with Crippen LogP contribution in [0, 0.1) is 24.5 Å². The standard InChI is InChI=1S/C35H28N3O.C19H26GeN.Ir/c1-22-17-19-26-25-13-10-14-27(32(25)39-34(26)36-22)33-37-29-15-8-9-16-31(29)38(33)30-20-18-24(35(2,3)4)21-28(30)23-11-6-5-7-12-23;1-19(2,3)13-16-12-18(15-10-8-7-9-11-15)21-14-17(16)20(4,5)6;/h5-13,15-21H,1-4H3;7-10,12,14H,13H2,1-6H3;/q2*-1;/i;13D2;. The molecule has 4 aromatic heterocycles. The third-order valence-corrected chi connectivity index (χ3v) is 14.8. The van der Waals surface area contributed by atoms with E-state index in [1.54, 1.807) is 0 Å². The summed E-state index contributed by atoms with van der Waals surface area (Å²) in [5.74, 6) is 7.65. The predicted molar refractivity (Wildman–Crippen MR) is 254 cm³/mol. The Morgan fingerprint density at radius 3 is 2.20 bits per heavy atom. The van der Waals surface area contributed by atoms with E-state index in [0.29, 0.717) is 5.71 Å². The van der Waals surface area contributed by atoms with Crippen molar-refractivity contribution in [3.63, 3.8) is 0 Å². The number of furan rings is 1. The van der Waals surface area contributed by atoms with E-state index in [0.717, 1.165) is 82.5 Å². The number of rotatable bonds is 6. The first-order valence-corrected chi connectivity index (χ1v) is 28.0. The van der Waals surface area contributed by atoms with Crippen LogP contribution in [0.25, 0.3) is 72.6 Å². The van der Waals surface area contributed by atoms with Gasteiger partial charge in [0.2, 0.25) is 5.71 Å². The van der Waals surface area contributed by atoms with Gasteiger partial charge in [-0.1, -0.05) is 80.3 Å². The van der Waals surface area contributed by atoms with Crippen molar-refractivity contribution in [2.24, 2.45) is 5.41 Å². The number of aryl methyl sites for hydroxylation is 1. The second kappa shape index (κ2) is 17.3. The van der Waals surface area contributed by atoms with Crippen LogP contribution in [0.5, 0.6) is 0 Å². The summed E-state index contributed by atoms with van der Waals surface area (Å²) < 4.78 is 27.3. The minimum atomic E-state index is -2.24. The van der Waals surface area contributed by atoms with Gasteiger partial charge in [0.1, 0.15) is 0 Å². The van der Waals surface area contributed by atoms with Gasteiger partial charge in [0.15, 0.2) is 0 Å². The van der Waals surface area contributed by atoms with Crippen molar-refractivity contribution in [2.75, 3.05) is 0 Å². The summed E-state index contributed by atoms with van der Waals surface area (Å²) in [6, 6.07) is 50.1. The number of pyridine rings is 2. The van der Waals surface area contributed by atoms with E-state index in [1.807, 2.05) is 88.5 Å². The number of aromatic nitrogens is 4. The van der Waals surface area contributed by atoms with Gasteiger partial charge in [-0.15, -0.1) is 18.2 Å². The Morgan fingerprint density at radius 1 is 0.754 bits per heavy atom. The molecule has 0 saturated carbocycles. The van der Waals surface area contributed by atoms with Crippen LogP contribution >= 0.6 is 0 Å². The van der Waals surface area contributed by atoms with Gasteiger partial charge in [-0.05, 0) is 59.9 Å². The van der Waals surface area contributed by atoms with Gasteiger partial charge in [-0.2, -0.15) is 0 Å². The van der Waals surface area contributed by atoms with Crippen molar-refractivity contribution in [3.8, 4) is 39.5 Å². The molecule has 5 aromatic carbocycles. The molecular weight excluding hydrogens is 985 g/mol. The fourth-order valence-corrected chi connectivity index (χ4v) is 10.6. The van der Waals surface area contributed by atoms with E-state index in [2.05, 4.69) is 138 Å². The summed E-state index contributed by atoms with van der Waals surface area (Å²) in [6.07, 6.45) is 0.502. The molecule has 0 amide bonds. The van der Waals surface area contributed by atoms with Crippen LogP contribution in [0.1, 0.15) is 61.1 Å². The fraction of sp³-hybridized carbons (Fsp3) is 0.241. The zero-order valence-corrected chi connectivity index (χ0v) is 41.2. The van der Waals surface area contributed by atoms with Gasteiger partial charge in [0.25, 0.3) is 0 Å². The predicted octanol–water partition coefficient (Wildman–Crippen LogP) is 13.7. The summed E-state index contributed by atoms with van der Waals surface area (Å²) in [7, 11) is 0. The molecule has 0 fully saturated rings. The first-order chi connectivity index (χ1) is 29.3. The van der Waals surface area contributed by atoms with Crippen molar-refractivity contribution in [1.82, 2.24) is 19.5 Å². The van der Waals surface area contributed by atoms with Gasteiger partial charge in [-0.25, -0.2) is 4.98 Å². The molecule has 7 heteroatoms. The number of benzene rings is 5. The molecular formula is C54H54GeIrN4O-2. The average molecular weight is 1040 g/mol. The van der Waals surface area contributed by atoms with Crippen LogP contribution < -0.4 is 4.40 Å². The molecule has 311 valence electrons. The maximum Gasteiger partial charge on any atom is 0 e. The topological polar surface area (TPSA) is 56.7 Å². The summed E-state index contributed by atoms with van der Waals surface area (Å²) in [5.41, 5.74) is 11.8. The second-order valence-electron chi connectivity index (χ2n) is 18.6. The largest absolute Gasteiger partial charge is 0 e. The minimum Gasteiger partial charge on any atom is 0 e. The molecule has 0 aliphatic carbocycles. The Kier molecular flexibility index (Phi) is 11.7. The zero-order valence-electron chi connectivity index (χ0n) is 38.7. The third-order valence-electron chi connectivity index (χ3n) is 10.6. The number of fused-ring (bicyclic) bond motifs is 4. The monoisotopic (exact) mass is 1040 g/mol. The van der Waals surface area contributed by atoms with Crippen LogP contribution in [0.3, 0.4) is 0 Å². The molecule has 61 heavy (non-hydrogen) atoms. The van der Waals surface area contributed by atoms with Crippen LogP contribution in [0.4, 0.5) is 0 Å². The summed E-state index contributed by atoms with van der Waals surface area (Å²) >= 11 is -2.24. The Bertz CT molecular complexity index is 3070. The van der Waals surface area contributed by atoms with Crippen LogP contribution in [0.2, 0.25) is 17.3 Å². The minimum absolute atomic E-state index is 0. The van der Waals surface area contributed by atoms with E-state index >= 15 is 0 Å². The maximum atomic E-state index is 8.76. The Hall–Kier alpha value is -5.14. The third kappa shape index (κ3) is 9.38. The van der Waals surface area contributed by atoms with E-state index in [4.69, 9.17) is 12.1 Å². The smallest absolute Gasteiger partial charge is 0 e. The SMILES string of the molecule is Cc1ccc2c(n1)oc1c(-c3nc4ccccc4n3-c3ccc(C(C)(C)C)cc3-c3ccccc3)[c-]ccc12.[2H]C([2H])(c1cc(-c2[c-]cccc2)nc[c]1[Ge]([CH3])([CH3])[CH3])C(C)(C)C.[Ir]. The number of para-hydroxylation sites is 2. The summed E-state index contributed by atoms with van der Waals surface area (Å²) in [6.45, 7) is 14.6. The molecule has 5 nitrogen and oxygen atoms in total. The van der Waals surface area contributed by atoms with E-state index in [-0.39, 0.29) is 25.5 Å². The van der Waals surface area contributed by atoms with Crippen molar-refractivity contribution >= 4 is 50.8 Å². The Morgan fingerprint density at radius 2 is 1.49 bits per heavy atom. The molecule has 0 spiro atoms. The first-order valence-electron chi connectivity index (χ1n) is 21.7. The van der Waals surface area contributed by atoms with Gasteiger partial charge in [-0.3, -0.25) is 4.98 Å². The molecule has 1 radical (unpaired) electrons. The zero-order chi connectivity index (χ0) is 44.2. The number of imidazole rings is 1. The van der Waals surface area contributed by atoms with Crippen LogP contribution in [-0.2, 0) is 31.9 Å². The second-order valence-corrected chi connectivity index (χ2v) is 29.2. The molecule has 0 unspecified atom stereocenters. The van der Waals surface area contributed by atoms with Gasteiger partial charge in [0, 0.05) is 42.4 Å². The molecule has 0 saturated heterocycles. The normalized spacial score (nSPS) is 12.8. The number of hydrogen-bond donors (Lipinski definition) is 0. The van der Waals surface area contributed by atoms with Crippen LogP contribution in [-0.4, -0.2) is 32.8 Å². The average Bonchev–Trinajstić information content (AvgIpc) is 3.81. The van der Waals surface area contributed by atoms with Gasteiger partial charge in [0.05, 0.1) is 22.4 Å². The molecule has 9 aromatic rings. The van der Waals surface area contributed by atoms with E-state index < -0.39 is 25.1 Å². The van der Waals surface area contributed by atoms with Crippen molar-refractivity contribution in [2.45, 2.75) is 77.5 Å². The molecule has 0 bridgehead atoms. The number of nitrogens with zero attached hydrogens (tertiary/aromatic N) is 4. The molecule has 0 N–H and O–H groups in total. The summed E-state index contributed by atoms with van der Waals surface area (Å²) in [4.78, 5) is 14.4. The first kappa shape index (κ1) is 41.2.